The van der Waals surface area contributed by atoms with Gasteiger partial charge in [-0.3, -0.25) is 0 Å². The zero-order valence-electron chi connectivity index (χ0n) is 9.73. The van der Waals surface area contributed by atoms with Gasteiger partial charge in [0.05, 0.1) is 0 Å². The summed E-state index contributed by atoms with van der Waals surface area (Å²) in [7, 11) is 0. The second-order valence-electron chi connectivity index (χ2n) is 4.32. The zero-order chi connectivity index (χ0) is 11.2. The van der Waals surface area contributed by atoms with Gasteiger partial charge in [0, 0.05) is 31.4 Å². The fourth-order valence-corrected chi connectivity index (χ4v) is 2.33. The van der Waals surface area contributed by atoms with Crippen LogP contribution in [-0.2, 0) is 0 Å². The average Bonchev–Trinajstić information content (AvgIpc) is 2.38. The van der Waals surface area contributed by atoms with Crippen LogP contribution in [0.5, 0.6) is 0 Å². The Balaban J connectivity index is 2.04. The predicted molar refractivity (Wildman–Crippen MR) is 68.7 cm³/mol. The van der Waals surface area contributed by atoms with Crippen molar-refractivity contribution in [3.05, 3.63) is 30.3 Å². The van der Waals surface area contributed by atoms with Crippen LogP contribution in [0.1, 0.15) is 12.8 Å². The number of para-hydroxylation sites is 1. The molecule has 3 N–H and O–H groups in total. The molecule has 1 aromatic carbocycles. The first-order valence-electron chi connectivity index (χ1n) is 6.14. The monoisotopic (exact) mass is 219 g/mol. The van der Waals surface area contributed by atoms with Gasteiger partial charge in [-0.05, 0) is 31.5 Å². The number of nitrogens with one attached hydrogen (secondary N) is 1. The van der Waals surface area contributed by atoms with Crippen molar-refractivity contribution in [1.82, 2.24) is 5.32 Å². The lowest BCUT2D eigenvalue weighted by molar-refractivity contribution is 0.447. The Labute approximate surface area is 97.6 Å². The molecule has 1 aliphatic rings. The third-order valence-electron chi connectivity index (χ3n) is 3.18. The van der Waals surface area contributed by atoms with Crippen LogP contribution in [-0.4, -0.2) is 32.2 Å². The van der Waals surface area contributed by atoms with Gasteiger partial charge >= 0.3 is 0 Å². The van der Waals surface area contributed by atoms with Gasteiger partial charge in [-0.2, -0.15) is 0 Å². The Morgan fingerprint density at radius 2 is 2.12 bits per heavy atom. The summed E-state index contributed by atoms with van der Waals surface area (Å²) in [5.41, 5.74) is 6.93. The molecule has 1 atom stereocenters. The number of hydrogen-bond acceptors (Lipinski definition) is 3. The van der Waals surface area contributed by atoms with Gasteiger partial charge in [0.25, 0.3) is 0 Å². The van der Waals surface area contributed by atoms with E-state index in [1.807, 2.05) is 0 Å². The number of nitrogens with two attached hydrogens (primary N) is 1. The maximum atomic E-state index is 5.59. The number of benzene rings is 1. The van der Waals surface area contributed by atoms with Crippen LogP contribution in [0.3, 0.4) is 0 Å². The highest BCUT2D eigenvalue weighted by Crippen LogP contribution is 2.19. The van der Waals surface area contributed by atoms with Crippen molar-refractivity contribution in [2.45, 2.75) is 18.9 Å². The minimum absolute atomic E-state index is 0.597. The van der Waals surface area contributed by atoms with E-state index in [-0.39, 0.29) is 0 Å². The summed E-state index contributed by atoms with van der Waals surface area (Å²) < 4.78 is 0. The van der Waals surface area contributed by atoms with E-state index in [0.29, 0.717) is 6.04 Å². The molecule has 1 aromatic rings. The molecule has 3 nitrogen and oxygen atoms in total. The van der Waals surface area contributed by atoms with Gasteiger partial charge in [0.1, 0.15) is 0 Å². The smallest absolute Gasteiger partial charge is 0.0415 e. The molecule has 0 saturated carbocycles. The molecule has 0 aromatic heterocycles. The highest BCUT2D eigenvalue weighted by molar-refractivity contribution is 5.47. The molecule has 1 aliphatic heterocycles. The summed E-state index contributed by atoms with van der Waals surface area (Å²) in [5.74, 6) is 0. The SMILES string of the molecule is NCCCC1CNCCN1c1ccccc1. The van der Waals surface area contributed by atoms with Crippen LogP contribution in [0, 0.1) is 0 Å². The van der Waals surface area contributed by atoms with Crippen molar-refractivity contribution < 1.29 is 0 Å². The Bertz CT molecular complexity index is 299. The summed E-state index contributed by atoms with van der Waals surface area (Å²) in [6.45, 7) is 4.04. The minimum atomic E-state index is 0.597. The molecule has 0 spiro atoms. The second-order valence-corrected chi connectivity index (χ2v) is 4.32. The lowest BCUT2D eigenvalue weighted by atomic mass is 10.1. The first kappa shape index (κ1) is 11.4. The molecule has 2 rings (SSSR count). The molecule has 0 radical (unpaired) electrons. The molecular weight excluding hydrogens is 198 g/mol. The minimum Gasteiger partial charge on any atom is -0.366 e. The Morgan fingerprint density at radius 1 is 1.31 bits per heavy atom. The van der Waals surface area contributed by atoms with E-state index in [0.717, 1.165) is 32.6 Å². The quantitative estimate of drug-likeness (QED) is 0.799. The highest BCUT2D eigenvalue weighted by atomic mass is 15.2. The molecule has 3 heteroatoms. The van der Waals surface area contributed by atoms with Gasteiger partial charge in [-0.25, -0.2) is 0 Å². The number of anilines is 1. The van der Waals surface area contributed by atoms with Crippen LogP contribution < -0.4 is 16.0 Å². The Hall–Kier alpha value is -1.06. The second kappa shape index (κ2) is 5.87. The molecule has 1 saturated heterocycles. The maximum absolute atomic E-state index is 5.59. The number of rotatable bonds is 4. The topological polar surface area (TPSA) is 41.3 Å². The number of nitrogens with zero attached hydrogens (tertiary/aromatic N) is 1. The molecule has 0 amide bonds. The van der Waals surface area contributed by atoms with E-state index in [1.165, 1.54) is 12.1 Å². The van der Waals surface area contributed by atoms with Gasteiger partial charge in [-0.15, -0.1) is 0 Å². The van der Waals surface area contributed by atoms with E-state index in [4.69, 9.17) is 5.73 Å². The van der Waals surface area contributed by atoms with Crippen LogP contribution in [0.25, 0.3) is 0 Å². The summed E-state index contributed by atoms with van der Waals surface area (Å²) in [4.78, 5) is 2.51. The fraction of sp³-hybridized carbons (Fsp3) is 0.538. The third-order valence-corrected chi connectivity index (χ3v) is 3.18. The molecule has 88 valence electrons. The first-order valence-corrected chi connectivity index (χ1v) is 6.14. The fourth-order valence-electron chi connectivity index (χ4n) is 2.33. The number of piperazine rings is 1. The molecule has 0 bridgehead atoms. The average molecular weight is 219 g/mol. The Kier molecular flexibility index (Phi) is 4.19. The lowest BCUT2D eigenvalue weighted by Crippen LogP contribution is -2.51. The summed E-state index contributed by atoms with van der Waals surface area (Å²) in [6.07, 6.45) is 2.29. The maximum Gasteiger partial charge on any atom is 0.0415 e. The van der Waals surface area contributed by atoms with Gasteiger partial charge in [0.15, 0.2) is 0 Å². The van der Waals surface area contributed by atoms with Crippen molar-refractivity contribution in [3.8, 4) is 0 Å². The molecule has 0 aliphatic carbocycles. The third kappa shape index (κ3) is 2.74. The highest BCUT2D eigenvalue weighted by Gasteiger charge is 2.21. The van der Waals surface area contributed by atoms with Crippen LogP contribution in [0.15, 0.2) is 30.3 Å². The van der Waals surface area contributed by atoms with Crippen molar-refractivity contribution in [2.75, 3.05) is 31.1 Å². The normalized spacial score (nSPS) is 21.1. The van der Waals surface area contributed by atoms with Gasteiger partial charge in [0.2, 0.25) is 0 Å². The largest absolute Gasteiger partial charge is 0.366 e. The summed E-state index contributed by atoms with van der Waals surface area (Å²) in [6, 6.07) is 11.3. The zero-order valence-corrected chi connectivity index (χ0v) is 9.73. The van der Waals surface area contributed by atoms with Crippen molar-refractivity contribution >= 4 is 5.69 Å². The van der Waals surface area contributed by atoms with Crippen LogP contribution in [0.2, 0.25) is 0 Å². The molecule has 1 heterocycles. The van der Waals surface area contributed by atoms with Gasteiger partial charge in [-0.1, -0.05) is 18.2 Å². The van der Waals surface area contributed by atoms with E-state index in [2.05, 4.69) is 40.5 Å². The van der Waals surface area contributed by atoms with E-state index >= 15 is 0 Å². The molecule has 1 unspecified atom stereocenters. The molecule has 1 fully saturated rings. The van der Waals surface area contributed by atoms with E-state index in [9.17, 15) is 0 Å². The summed E-state index contributed by atoms with van der Waals surface area (Å²) >= 11 is 0. The standard InChI is InChI=1S/C13H21N3/c14-8-4-7-13-11-15-9-10-16(13)12-5-2-1-3-6-12/h1-3,5-6,13,15H,4,7-11,14H2. The van der Waals surface area contributed by atoms with Crippen molar-refractivity contribution in [1.29, 1.82) is 0 Å². The van der Waals surface area contributed by atoms with E-state index in [1.54, 1.807) is 0 Å². The molecular formula is C13H21N3. The van der Waals surface area contributed by atoms with E-state index < -0.39 is 0 Å². The van der Waals surface area contributed by atoms with Gasteiger partial charge < -0.3 is 16.0 Å². The first-order chi connectivity index (χ1) is 7.92. The van der Waals surface area contributed by atoms with Crippen molar-refractivity contribution in [3.63, 3.8) is 0 Å². The summed E-state index contributed by atoms with van der Waals surface area (Å²) in [5, 5.41) is 3.46. The van der Waals surface area contributed by atoms with Crippen molar-refractivity contribution in [2.24, 2.45) is 5.73 Å². The van der Waals surface area contributed by atoms with Crippen LogP contribution in [0.4, 0.5) is 5.69 Å². The van der Waals surface area contributed by atoms with Crippen LogP contribution >= 0.6 is 0 Å². The number of hydrogen-bond donors (Lipinski definition) is 2. The lowest BCUT2D eigenvalue weighted by Gasteiger charge is -2.38. The predicted octanol–water partition coefficient (Wildman–Crippen LogP) is 1.20. The Morgan fingerprint density at radius 3 is 2.88 bits per heavy atom. The molecule has 16 heavy (non-hydrogen) atoms.